The molecule has 1 heterocycles. The maximum Gasteiger partial charge on any atom is 0.145 e. The summed E-state index contributed by atoms with van der Waals surface area (Å²) in [6, 6.07) is 15.6. The number of nitrogens with zero attached hydrogens (tertiary/aromatic N) is 2. The minimum Gasteiger partial charge on any atom is -0.364 e. The normalized spacial score (nSPS) is 17.2. The van der Waals surface area contributed by atoms with Gasteiger partial charge in [-0.25, -0.2) is 4.39 Å². The number of benzene rings is 2. The van der Waals surface area contributed by atoms with Gasteiger partial charge in [0.25, 0.3) is 0 Å². The Morgan fingerprint density at radius 2 is 2.05 bits per heavy atom. The predicted octanol–water partition coefficient (Wildman–Crippen LogP) is 4.04. The average Bonchev–Trinajstić information content (AvgIpc) is 2.52. The van der Waals surface area contributed by atoms with Gasteiger partial charge in [-0.1, -0.05) is 30.3 Å². The molecule has 0 saturated carbocycles. The zero-order valence-electron chi connectivity index (χ0n) is 12.0. The number of rotatable bonds is 2. The van der Waals surface area contributed by atoms with Crippen molar-refractivity contribution in [2.24, 2.45) is 0 Å². The zero-order valence-corrected chi connectivity index (χ0v) is 12.0. The van der Waals surface area contributed by atoms with Crippen LogP contribution in [0.2, 0.25) is 0 Å². The van der Waals surface area contributed by atoms with Crippen molar-refractivity contribution >= 4 is 5.69 Å². The molecule has 0 amide bonds. The Morgan fingerprint density at radius 3 is 2.86 bits per heavy atom. The van der Waals surface area contributed by atoms with Crippen molar-refractivity contribution < 1.29 is 4.39 Å². The molecule has 0 N–H and O–H groups in total. The van der Waals surface area contributed by atoms with Gasteiger partial charge in [0, 0.05) is 23.8 Å². The first-order chi connectivity index (χ1) is 10.2. The molecule has 3 rings (SSSR count). The van der Waals surface area contributed by atoms with Crippen LogP contribution in [0.3, 0.4) is 0 Å². The lowest BCUT2D eigenvalue weighted by molar-refractivity contribution is 0.542. The van der Waals surface area contributed by atoms with Gasteiger partial charge in [-0.15, -0.1) is 0 Å². The second-order valence-electron chi connectivity index (χ2n) is 5.53. The summed E-state index contributed by atoms with van der Waals surface area (Å²) < 4.78 is 14.3. The van der Waals surface area contributed by atoms with Gasteiger partial charge in [-0.3, -0.25) is 0 Å². The molecule has 0 fully saturated rings. The van der Waals surface area contributed by atoms with E-state index in [1.165, 1.54) is 17.3 Å². The second kappa shape index (κ2) is 5.57. The molecule has 1 atom stereocenters. The average molecular weight is 280 g/mol. The Balaban J connectivity index is 1.97. The van der Waals surface area contributed by atoms with Crippen molar-refractivity contribution in [3.63, 3.8) is 0 Å². The lowest BCUT2D eigenvalue weighted by Crippen LogP contribution is -2.37. The number of halogens is 1. The number of nitriles is 1. The molecule has 0 spiro atoms. The number of fused-ring (bicyclic) bond motifs is 1. The maximum atomic E-state index is 14.3. The molecule has 0 radical (unpaired) electrons. The van der Waals surface area contributed by atoms with Crippen molar-refractivity contribution in [2.45, 2.75) is 32.4 Å². The van der Waals surface area contributed by atoms with Crippen LogP contribution < -0.4 is 4.90 Å². The van der Waals surface area contributed by atoms with E-state index in [0.717, 1.165) is 12.8 Å². The highest BCUT2D eigenvalue weighted by Gasteiger charge is 2.23. The Hall–Kier alpha value is -2.34. The topological polar surface area (TPSA) is 27.0 Å². The Labute approximate surface area is 124 Å². The molecule has 1 unspecified atom stereocenters. The summed E-state index contributed by atoms with van der Waals surface area (Å²) in [5.74, 6) is -0.393. The molecule has 0 aromatic heterocycles. The van der Waals surface area contributed by atoms with E-state index in [0.29, 0.717) is 18.2 Å². The third-order valence-electron chi connectivity index (χ3n) is 4.20. The van der Waals surface area contributed by atoms with E-state index in [9.17, 15) is 4.39 Å². The van der Waals surface area contributed by atoms with Crippen LogP contribution in [0, 0.1) is 17.1 Å². The number of hydrogen-bond acceptors (Lipinski definition) is 2. The fraction of sp³-hybridized carbons (Fsp3) is 0.278. The van der Waals surface area contributed by atoms with Crippen molar-refractivity contribution in [1.29, 1.82) is 5.26 Å². The minimum atomic E-state index is -0.393. The molecule has 1 aliphatic rings. The fourth-order valence-electron chi connectivity index (χ4n) is 2.97. The summed E-state index contributed by atoms with van der Waals surface area (Å²) in [4.78, 5) is 2.23. The highest BCUT2D eigenvalue weighted by Crippen LogP contribution is 2.32. The molecule has 21 heavy (non-hydrogen) atoms. The van der Waals surface area contributed by atoms with Gasteiger partial charge in [0.1, 0.15) is 11.9 Å². The van der Waals surface area contributed by atoms with Crippen LogP contribution in [-0.4, -0.2) is 6.04 Å². The summed E-state index contributed by atoms with van der Waals surface area (Å²) in [6.45, 7) is 2.67. The summed E-state index contributed by atoms with van der Waals surface area (Å²) in [6.07, 6.45) is 2.13. The van der Waals surface area contributed by atoms with Crippen LogP contribution in [0.15, 0.2) is 42.5 Å². The molecule has 0 aliphatic carbocycles. The largest absolute Gasteiger partial charge is 0.364 e. The highest BCUT2D eigenvalue weighted by molar-refractivity contribution is 5.57. The van der Waals surface area contributed by atoms with Gasteiger partial charge in [0.15, 0.2) is 0 Å². The molecule has 106 valence electrons. The molecule has 0 bridgehead atoms. The number of para-hydroxylation sites is 1. The van der Waals surface area contributed by atoms with Gasteiger partial charge in [0.05, 0.1) is 5.56 Å². The van der Waals surface area contributed by atoms with Crippen LogP contribution in [0.25, 0.3) is 0 Å². The van der Waals surface area contributed by atoms with Gasteiger partial charge in [-0.2, -0.15) is 5.26 Å². The lowest BCUT2D eigenvalue weighted by Gasteiger charge is -2.37. The number of hydrogen-bond donors (Lipinski definition) is 0. The van der Waals surface area contributed by atoms with E-state index < -0.39 is 5.82 Å². The smallest absolute Gasteiger partial charge is 0.145 e. The summed E-state index contributed by atoms with van der Waals surface area (Å²) in [7, 11) is 0. The summed E-state index contributed by atoms with van der Waals surface area (Å²) >= 11 is 0. The van der Waals surface area contributed by atoms with Crippen LogP contribution >= 0.6 is 0 Å². The molecule has 1 aliphatic heterocycles. The van der Waals surface area contributed by atoms with Crippen LogP contribution in [0.4, 0.5) is 10.1 Å². The quantitative estimate of drug-likeness (QED) is 0.830. The van der Waals surface area contributed by atoms with Crippen molar-refractivity contribution in [3.8, 4) is 6.07 Å². The van der Waals surface area contributed by atoms with Crippen LogP contribution in [0.1, 0.15) is 30.0 Å². The van der Waals surface area contributed by atoms with Crippen LogP contribution in [-0.2, 0) is 13.0 Å². The van der Waals surface area contributed by atoms with Crippen molar-refractivity contribution in [1.82, 2.24) is 0 Å². The first-order valence-electron chi connectivity index (χ1n) is 7.22. The van der Waals surface area contributed by atoms with Crippen molar-refractivity contribution in [3.05, 3.63) is 65.0 Å². The van der Waals surface area contributed by atoms with E-state index in [-0.39, 0.29) is 5.56 Å². The second-order valence-corrected chi connectivity index (χ2v) is 5.53. The van der Waals surface area contributed by atoms with Gasteiger partial charge in [0.2, 0.25) is 0 Å². The van der Waals surface area contributed by atoms with Crippen molar-refractivity contribution in [2.75, 3.05) is 4.90 Å². The Kier molecular flexibility index (Phi) is 3.62. The predicted molar refractivity (Wildman–Crippen MR) is 81.5 cm³/mol. The molecule has 2 aromatic rings. The molecule has 2 aromatic carbocycles. The van der Waals surface area contributed by atoms with E-state index in [2.05, 4.69) is 24.0 Å². The summed E-state index contributed by atoms with van der Waals surface area (Å²) in [5.41, 5.74) is 3.19. The molecular weight excluding hydrogens is 263 g/mol. The Bertz CT molecular complexity index is 703. The Morgan fingerprint density at radius 1 is 1.24 bits per heavy atom. The van der Waals surface area contributed by atoms with E-state index in [1.54, 1.807) is 12.1 Å². The first kappa shape index (κ1) is 13.6. The van der Waals surface area contributed by atoms with Gasteiger partial charge < -0.3 is 4.90 Å². The van der Waals surface area contributed by atoms with E-state index in [1.807, 2.05) is 18.2 Å². The molecule has 0 saturated heterocycles. The first-order valence-corrected chi connectivity index (χ1v) is 7.22. The summed E-state index contributed by atoms with van der Waals surface area (Å²) in [5, 5.41) is 8.95. The monoisotopic (exact) mass is 280 g/mol. The molecule has 3 heteroatoms. The SMILES string of the molecule is CC1CCc2ccccc2N1Cc1cccc(C#N)c1F. The third-order valence-corrected chi connectivity index (χ3v) is 4.20. The minimum absolute atomic E-state index is 0.116. The number of anilines is 1. The molecular formula is C18H17FN2. The van der Waals surface area contributed by atoms with E-state index >= 15 is 0 Å². The van der Waals surface area contributed by atoms with Gasteiger partial charge in [-0.05, 0) is 37.5 Å². The lowest BCUT2D eigenvalue weighted by atomic mass is 9.96. The zero-order chi connectivity index (χ0) is 14.8. The van der Waals surface area contributed by atoms with Crippen LogP contribution in [0.5, 0.6) is 0 Å². The standard InChI is InChI=1S/C18H17FN2/c1-13-9-10-14-5-2-3-8-17(14)21(13)12-16-7-4-6-15(11-20)18(16)19/h2-8,13H,9-10,12H2,1H3. The number of aryl methyl sites for hydroxylation is 1. The molecule has 2 nitrogen and oxygen atoms in total. The van der Waals surface area contributed by atoms with E-state index in [4.69, 9.17) is 5.26 Å². The fourth-order valence-corrected chi connectivity index (χ4v) is 2.97. The third kappa shape index (κ3) is 2.50. The maximum absolute atomic E-state index is 14.3. The van der Waals surface area contributed by atoms with Gasteiger partial charge >= 0.3 is 0 Å². The highest BCUT2D eigenvalue weighted by atomic mass is 19.1.